The highest BCUT2D eigenvalue weighted by Gasteiger charge is 2.43. The van der Waals surface area contributed by atoms with Gasteiger partial charge in [-0.1, -0.05) is 38.2 Å². The molecule has 0 amide bonds. The van der Waals surface area contributed by atoms with Crippen molar-refractivity contribution in [1.29, 1.82) is 0 Å². The molecule has 3 fully saturated rings. The fourth-order valence-corrected chi connectivity index (χ4v) is 5.90. The van der Waals surface area contributed by atoms with Crippen LogP contribution >= 0.6 is 12.2 Å². The van der Waals surface area contributed by atoms with Crippen molar-refractivity contribution in [3.05, 3.63) is 54.1 Å². The average molecular weight is 395 g/mol. The van der Waals surface area contributed by atoms with E-state index in [-0.39, 0.29) is 12.1 Å². The molecule has 5 rings (SSSR count). The van der Waals surface area contributed by atoms with Crippen molar-refractivity contribution < 1.29 is 0 Å². The normalized spacial score (nSPS) is 26.7. The van der Waals surface area contributed by atoms with Gasteiger partial charge in [0.25, 0.3) is 0 Å². The molecular formula is C23H30N4S. The topological polar surface area (TPSA) is 33.1 Å². The molecule has 0 radical (unpaired) electrons. The molecule has 0 unspecified atom stereocenters. The lowest BCUT2D eigenvalue weighted by Gasteiger charge is -2.32. The van der Waals surface area contributed by atoms with Crippen LogP contribution in [0.4, 0.5) is 0 Å². The molecule has 28 heavy (non-hydrogen) atoms. The first kappa shape index (κ1) is 18.2. The summed E-state index contributed by atoms with van der Waals surface area (Å²) >= 11 is 5.84. The SMILES string of the molecule is S=C1N[C@@H](c2ccccn2)[C@@H](c2ccn(C3CCCCC3)c2)N1C1CCCC1. The van der Waals surface area contributed by atoms with Crippen molar-refractivity contribution in [2.24, 2.45) is 0 Å². The van der Waals surface area contributed by atoms with Gasteiger partial charge in [-0.05, 0) is 61.7 Å². The fraction of sp³-hybridized carbons (Fsp3) is 0.565. The first-order chi connectivity index (χ1) is 13.8. The summed E-state index contributed by atoms with van der Waals surface area (Å²) in [5.41, 5.74) is 2.46. The predicted molar refractivity (Wildman–Crippen MR) is 116 cm³/mol. The molecule has 3 heterocycles. The molecule has 2 aromatic heterocycles. The number of aromatic nitrogens is 2. The van der Waals surface area contributed by atoms with Gasteiger partial charge in [0.1, 0.15) is 0 Å². The van der Waals surface area contributed by atoms with Gasteiger partial charge in [0.15, 0.2) is 5.11 Å². The number of thiocarbonyl (C=S) groups is 1. The van der Waals surface area contributed by atoms with Gasteiger partial charge in [-0.15, -0.1) is 0 Å². The fourth-order valence-electron chi connectivity index (χ4n) is 5.51. The van der Waals surface area contributed by atoms with Crippen LogP contribution in [-0.4, -0.2) is 25.6 Å². The van der Waals surface area contributed by atoms with Gasteiger partial charge in [0, 0.05) is 30.7 Å². The van der Waals surface area contributed by atoms with Crippen LogP contribution in [0, 0.1) is 0 Å². The molecule has 4 nitrogen and oxygen atoms in total. The summed E-state index contributed by atoms with van der Waals surface area (Å²) in [5.74, 6) is 0. The van der Waals surface area contributed by atoms with Gasteiger partial charge in [-0.25, -0.2) is 0 Å². The van der Waals surface area contributed by atoms with Crippen LogP contribution in [0.5, 0.6) is 0 Å². The summed E-state index contributed by atoms with van der Waals surface area (Å²) in [4.78, 5) is 7.18. The molecule has 5 heteroatoms. The van der Waals surface area contributed by atoms with Crippen molar-refractivity contribution in [1.82, 2.24) is 19.8 Å². The van der Waals surface area contributed by atoms with E-state index in [2.05, 4.69) is 50.4 Å². The van der Waals surface area contributed by atoms with Crippen LogP contribution in [0.2, 0.25) is 0 Å². The van der Waals surface area contributed by atoms with Crippen molar-refractivity contribution in [3.63, 3.8) is 0 Å². The summed E-state index contributed by atoms with van der Waals surface area (Å²) < 4.78 is 2.47. The standard InChI is InChI=1S/C23H30N4S/c28-23-25-21(20-12-6-7-14-24-20)22(27(23)19-10-4-5-11-19)17-13-15-26(16-17)18-8-2-1-3-9-18/h6-7,12-16,18-19,21-22H,1-5,8-11H2,(H,25,28)/t21-,22+/m0/s1. The van der Waals surface area contributed by atoms with Gasteiger partial charge in [0.05, 0.1) is 17.8 Å². The van der Waals surface area contributed by atoms with E-state index in [1.54, 1.807) is 0 Å². The Kier molecular flexibility index (Phi) is 5.10. The van der Waals surface area contributed by atoms with Crippen LogP contribution in [0.15, 0.2) is 42.9 Å². The molecule has 3 aliphatic rings. The number of nitrogens with zero attached hydrogens (tertiary/aromatic N) is 3. The van der Waals surface area contributed by atoms with E-state index in [4.69, 9.17) is 12.2 Å². The highest BCUT2D eigenvalue weighted by atomic mass is 32.1. The minimum atomic E-state index is 0.122. The van der Waals surface area contributed by atoms with E-state index < -0.39 is 0 Å². The highest BCUT2D eigenvalue weighted by molar-refractivity contribution is 7.80. The Labute approximate surface area is 173 Å². The molecule has 1 N–H and O–H groups in total. The summed E-state index contributed by atoms with van der Waals surface area (Å²) in [6.07, 6.45) is 18.4. The van der Waals surface area contributed by atoms with Gasteiger partial charge in [0.2, 0.25) is 0 Å². The smallest absolute Gasteiger partial charge is 0.170 e. The van der Waals surface area contributed by atoms with Crippen LogP contribution < -0.4 is 5.32 Å². The minimum Gasteiger partial charge on any atom is -0.352 e. The molecule has 2 atom stereocenters. The Morgan fingerprint density at radius 2 is 1.68 bits per heavy atom. The molecule has 2 aromatic rings. The van der Waals surface area contributed by atoms with Crippen LogP contribution in [0.1, 0.15) is 87.2 Å². The van der Waals surface area contributed by atoms with E-state index in [0.29, 0.717) is 12.1 Å². The van der Waals surface area contributed by atoms with Gasteiger partial charge in [-0.2, -0.15) is 0 Å². The molecule has 2 saturated carbocycles. The maximum absolute atomic E-state index is 5.84. The lowest BCUT2D eigenvalue weighted by Crippen LogP contribution is -2.37. The first-order valence-corrected chi connectivity index (χ1v) is 11.4. The van der Waals surface area contributed by atoms with Crippen LogP contribution in [0.3, 0.4) is 0 Å². The average Bonchev–Trinajstić information content (AvgIpc) is 3.48. The van der Waals surface area contributed by atoms with Crippen LogP contribution in [0.25, 0.3) is 0 Å². The van der Waals surface area contributed by atoms with Gasteiger partial charge < -0.3 is 14.8 Å². The Bertz CT molecular complexity index is 805. The Hall–Kier alpha value is -1.88. The zero-order valence-corrected chi connectivity index (χ0v) is 17.3. The summed E-state index contributed by atoms with van der Waals surface area (Å²) in [5, 5.41) is 4.52. The van der Waals surface area contributed by atoms with E-state index in [1.165, 1.54) is 63.4 Å². The number of rotatable bonds is 4. The largest absolute Gasteiger partial charge is 0.352 e. The lowest BCUT2D eigenvalue weighted by molar-refractivity contribution is 0.245. The number of hydrogen-bond donors (Lipinski definition) is 1. The number of pyridine rings is 1. The Morgan fingerprint density at radius 1 is 0.929 bits per heavy atom. The summed E-state index contributed by atoms with van der Waals surface area (Å²) in [7, 11) is 0. The van der Waals surface area contributed by atoms with Crippen molar-refractivity contribution in [3.8, 4) is 0 Å². The predicted octanol–water partition coefficient (Wildman–Crippen LogP) is 5.30. The zero-order valence-electron chi connectivity index (χ0n) is 16.5. The second-order valence-electron chi connectivity index (χ2n) is 8.66. The third-order valence-corrected chi connectivity index (χ3v) is 7.26. The highest BCUT2D eigenvalue weighted by Crippen LogP contribution is 2.43. The summed E-state index contributed by atoms with van der Waals surface area (Å²) in [6, 6.07) is 10.1. The third kappa shape index (κ3) is 3.34. The Morgan fingerprint density at radius 3 is 2.43 bits per heavy atom. The van der Waals surface area contributed by atoms with Crippen molar-refractivity contribution >= 4 is 17.3 Å². The maximum atomic E-state index is 5.84. The van der Waals surface area contributed by atoms with E-state index in [9.17, 15) is 0 Å². The minimum absolute atomic E-state index is 0.122. The maximum Gasteiger partial charge on any atom is 0.170 e. The Balaban J connectivity index is 1.49. The van der Waals surface area contributed by atoms with Crippen molar-refractivity contribution in [2.45, 2.75) is 82.0 Å². The molecule has 0 bridgehead atoms. The molecule has 1 saturated heterocycles. The van der Waals surface area contributed by atoms with Crippen molar-refractivity contribution in [2.75, 3.05) is 0 Å². The number of hydrogen-bond acceptors (Lipinski definition) is 2. The monoisotopic (exact) mass is 394 g/mol. The lowest BCUT2D eigenvalue weighted by atomic mass is 9.95. The van der Waals surface area contributed by atoms with E-state index >= 15 is 0 Å². The molecule has 0 aromatic carbocycles. The van der Waals surface area contributed by atoms with Crippen LogP contribution in [-0.2, 0) is 0 Å². The zero-order chi connectivity index (χ0) is 18.9. The molecule has 0 spiro atoms. The molecular weight excluding hydrogens is 364 g/mol. The molecule has 148 valence electrons. The summed E-state index contributed by atoms with van der Waals surface area (Å²) in [6.45, 7) is 0. The van der Waals surface area contributed by atoms with Gasteiger partial charge >= 0.3 is 0 Å². The second kappa shape index (κ2) is 7.86. The van der Waals surface area contributed by atoms with E-state index in [1.807, 2.05) is 12.3 Å². The van der Waals surface area contributed by atoms with Gasteiger partial charge in [-0.3, -0.25) is 4.98 Å². The molecule has 1 aliphatic heterocycles. The third-order valence-electron chi connectivity index (χ3n) is 6.93. The molecule has 2 aliphatic carbocycles. The number of nitrogens with one attached hydrogen (secondary N) is 1. The quantitative estimate of drug-likeness (QED) is 0.713. The first-order valence-electron chi connectivity index (χ1n) is 11.0. The van der Waals surface area contributed by atoms with E-state index in [0.717, 1.165) is 10.8 Å². The second-order valence-corrected chi connectivity index (χ2v) is 9.04.